The Hall–Kier alpha value is -1.49. The number of ether oxygens (including phenoxy) is 1. The summed E-state index contributed by atoms with van der Waals surface area (Å²) in [6, 6.07) is 4.02. The van der Waals surface area contributed by atoms with Crippen LogP contribution in [0.2, 0.25) is 0 Å². The van der Waals surface area contributed by atoms with E-state index in [-0.39, 0.29) is 17.9 Å². The van der Waals surface area contributed by atoms with Crippen LogP contribution in [0.15, 0.2) is 18.2 Å². The number of hydrogen-bond donors (Lipinski definition) is 0. The van der Waals surface area contributed by atoms with E-state index in [1.54, 1.807) is 6.07 Å². The standard InChI is InChI=1S/C15H17F2NO2/c16-12-2-1-11(9-13(12)17)10-3-6-18(7-4-10)14-5-8-20-15(14)19/h1-2,9-10,14H,3-8H2. The molecule has 0 N–H and O–H groups in total. The normalized spacial score (nSPS) is 24.9. The van der Waals surface area contributed by atoms with Crippen LogP contribution in [0.3, 0.4) is 0 Å². The summed E-state index contributed by atoms with van der Waals surface area (Å²) in [6.07, 6.45) is 2.47. The topological polar surface area (TPSA) is 29.5 Å². The van der Waals surface area contributed by atoms with Gasteiger partial charge in [-0.2, -0.15) is 0 Å². The molecule has 1 unspecified atom stereocenters. The summed E-state index contributed by atoms with van der Waals surface area (Å²) in [5.41, 5.74) is 0.845. The van der Waals surface area contributed by atoms with E-state index in [2.05, 4.69) is 4.90 Å². The van der Waals surface area contributed by atoms with Crippen molar-refractivity contribution in [3.63, 3.8) is 0 Å². The fourth-order valence-corrected chi connectivity index (χ4v) is 3.13. The van der Waals surface area contributed by atoms with Crippen molar-refractivity contribution in [2.24, 2.45) is 0 Å². The number of cyclic esters (lactones) is 1. The highest BCUT2D eigenvalue weighted by Crippen LogP contribution is 2.30. The van der Waals surface area contributed by atoms with E-state index in [9.17, 15) is 13.6 Å². The highest BCUT2D eigenvalue weighted by atomic mass is 19.2. The Bertz CT molecular complexity index is 513. The largest absolute Gasteiger partial charge is 0.464 e. The van der Waals surface area contributed by atoms with Gasteiger partial charge in [-0.15, -0.1) is 0 Å². The molecule has 0 aliphatic carbocycles. The summed E-state index contributed by atoms with van der Waals surface area (Å²) in [4.78, 5) is 13.7. The van der Waals surface area contributed by atoms with Gasteiger partial charge in [0.15, 0.2) is 11.6 Å². The monoisotopic (exact) mass is 281 g/mol. The molecule has 2 aliphatic rings. The first-order valence-electron chi connectivity index (χ1n) is 7.01. The Morgan fingerprint density at radius 2 is 1.85 bits per heavy atom. The van der Waals surface area contributed by atoms with Crippen LogP contribution in [-0.4, -0.2) is 36.6 Å². The van der Waals surface area contributed by atoms with Crippen molar-refractivity contribution in [1.82, 2.24) is 4.90 Å². The van der Waals surface area contributed by atoms with Gasteiger partial charge < -0.3 is 4.74 Å². The van der Waals surface area contributed by atoms with Crippen molar-refractivity contribution in [2.75, 3.05) is 19.7 Å². The van der Waals surface area contributed by atoms with Gasteiger partial charge in [-0.1, -0.05) is 6.07 Å². The minimum Gasteiger partial charge on any atom is -0.464 e. The fourth-order valence-electron chi connectivity index (χ4n) is 3.13. The quantitative estimate of drug-likeness (QED) is 0.780. The summed E-state index contributed by atoms with van der Waals surface area (Å²) >= 11 is 0. The molecule has 20 heavy (non-hydrogen) atoms. The lowest BCUT2D eigenvalue weighted by atomic mass is 9.88. The third kappa shape index (κ3) is 2.54. The Morgan fingerprint density at radius 1 is 1.10 bits per heavy atom. The molecule has 5 heteroatoms. The highest BCUT2D eigenvalue weighted by Gasteiger charge is 2.34. The van der Waals surface area contributed by atoms with Gasteiger partial charge in [0.05, 0.1) is 6.61 Å². The van der Waals surface area contributed by atoms with Gasteiger partial charge >= 0.3 is 5.97 Å². The van der Waals surface area contributed by atoms with Crippen molar-refractivity contribution < 1.29 is 18.3 Å². The van der Waals surface area contributed by atoms with E-state index in [0.29, 0.717) is 6.61 Å². The van der Waals surface area contributed by atoms with Gasteiger partial charge in [-0.05, 0) is 49.5 Å². The molecule has 1 aromatic carbocycles. The number of benzene rings is 1. The maximum absolute atomic E-state index is 13.3. The Kier molecular flexibility index (Phi) is 3.70. The van der Waals surface area contributed by atoms with Crippen molar-refractivity contribution in [2.45, 2.75) is 31.2 Å². The molecular weight excluding hydrogens is 264 g/mol. The lowest BCUT2D eigenvalue weighted by molar-refractivity contribution is -0.142. The molecule has 3 nitrogen and oxygen atoms in total. The van der Waals surface area contributed by atoms with E-state index >= 15 is 0 Å². The zero-order chi connectivity index (χ0) is 14.1. The summed E-state index contributed by atoms with van der Waals surface area (Å²) in [7, 11) is 0. The van der Waals surface area contributed by atoms with E-state index in [4.69, 9.17) is 4.74 Å². The van der Waals surface area contributed by atoms with Crippen LogP contribution >= 0.6 is 0 Å². The third-order valence-electron chi connectivity index (χ3n) is 4.29. The predicted molar refractivity (Wildman–Crippen MR) is 69.3 cm³/mol. The Labute approximate surface area is 116 Å². The average Bonchev–Trinajstić information content (AvgIpc) is 2.88. The number of hydrogen-bond acceptors (Lipinski definition) is 3. The van der Waals surface area contributed by atoms with Gasteiger partial charge in [-0.25, -0.2) is 8.78 Å². The Balaban J connectivity index is 1.63. The molecule has 0 amide bonds. The fraction of sp³-hybridized carbons (Fsp3) is 0.533. The number of carbonyl (C=O) groups is 1. The molecule has 1 atom stereocenters. The lowest BCUT2D eigenvalue weighted by Crippen LogP contribution is -2.43. The highest BCUT2D eigenvalue weighted by molar-refractivity contribution is 5.77. The second-order valence-electron chi connectivity index (χ2n) is 5.46. The molecular formula is C15H17F2NO2. The van der Waals surface area contributed by atoms with Crippen LogP contribution < -0.4 is 0 Å². The van der Waals surface area contributed by atoms with Crippen LogP contribution in [0.5, 0.6) is 0 Å². The van der Waals surface area contributed by atoms with Crippen LogP contribution in [0.4, 0.5) is 8.78 Å². The minimum absolute atomic E-state index is 0.110. The summed E-state index contributed by atoms with van der Waals surface area (Å²) < 4.78 is 31.2. The second-order valence-corrected chi connectivity index (χ2v) is 5.46. The zero-order valence-corrected chi connectivity index (χ0v) is 11.1. The predicted octanol–water partition coefficient (Wildman–Crippen LogP) is 2.46. The molecule has 108 valence electrons. The first-order valence-corrected chi connectivity index (χ1v) is 7.01. The molecule has 0 bridgehead atoms. The number of likely N-dealkylation sites (tertiary alicyclic amines) is 1. The number of esters is 1. The SMILES string of the molecule is O=C1OCCC1N1CCC(c2ccc(F)c(F)c2)CC1. The molecule has 2 aliphatic heterocycles. The first kappa shape index (κ1) is 13.5. The number of nitrogens with zero attached hydrogens (tertiary/aromatic N) is 1. The molecule has 0 radical (unpaired) electrons. The van der Waals surface area contributed by atoms with Crippen LogP contribution in [0.1, 0.15) is 30.7 Å². The molecule has 2 fully saturated rings. The average molecular weight is 281 g/mol. The van der Waals surface area contributed by atoms with Crippen molar-refractivity contribution in [3.05, 3.63) is 35.4 Å². The Morgan fingerprint density at radius 3 is 2.45 bits per heavy atom. The molecule has 0 spiro atoms. The van der Waals surface area contributed by atoms with E-state index < -0.39 is 11.6 Å². The van der Waals surface area contributed by atoms with Crippen LogP contribution in [-0.2, 0) is 9.53 Å². The smallest absolute Gasteiger partial charge is 0.323 e. The van der Waals surface area contributed by atoms with Crippen LogP contribution in [0.25, 0.3) is 0 Å². The van der Waals surface area contributed by atoms with Crippen molar-refractivity contribution in [3.8, 4) is 0 Å². The molecule has 2 saturated heterocycles. The molecule has 2 heterocycles. The number of carbonyl (C=O) groups excluding carboxylic acids is 1. The molecule has 1 aromatic rings. The van der Waals surface area contributed by atoms with Gasteiger partial charge in [0.25, 0.3) is 0 Å². The van der Waals surface area contributed by atoms with E-state index in [0.717, 1.165) is 37.9 Å². The molecule has 3 rings (SSSR count). The van der Waals surface area contributed by atoms with Gasteiger partial charge in [0.1, 0.15) is 6.04 Å². The maximum atomic E-state index is 13.3. The van der Waals surface area contributed by atoms with Crippen LogP contribution in [0, 0.1) is 11.6 Å². The molecule has 0 aromatic heterocycles. The van der Waals surface area contributed by atoms with Crippen molar-refractivity contribution in [1.29, 1.82) is 0 Å². The minimum atomic E-state index is -0.806. The number of piperidine rings is 1. The van der Waals surface area contributed by atoms with E-state index in [1.807, 2.05) is 0 Å². The lowest BCUT2D eigenvalue weighted by Gasteiger charge is -2.34. The van der Waals surface area contributed by atoms with Gasteiger partial charge in [-0.3, -0.25) is 9.69 Å². The zero-order valence-electron chi connectivity index (χ0n) is 11.1. The van der Waals surface area contributed by atoms with Gasteiger partial charge in [0.2, 0.25) is 0 Å². The van der Waals surface area contributed by atoms with Crippen molar-refractivity contribution >= 4 is 5.97 Å². The third-order valence-corrected chi connectivity index (χ3v) is 4.29. The second kappa shape index (κ2) is 5.48. The first-order chi connectivity index (χ1) is 9.65. The number of rotatable bonds is 2. The van der Waals surface area contributed by atoms with Gasteiger partial charge in [0, 0.05) is 6.42 Å². The summed E-state index contributed by atoms with van der Waals surface area (Å²) in [6.45, 7) is 2.10. The summed E-state index contributed by atoms with van der Waals surface area (Å²) in [5.74, 6) is -1.49. The summed E-state index contributed by atoms with van der Waals surface area (Å²) in [5, 5.41) is 0. The molecule has 0 saturated carbocycles. The number of halogens is 2. The maximum Gasteiger partial charge on any atom is 0.323 e. The van der Waals surface area contributed by atoms with E-state index in [1.165, 1.54) is 12.1 Å².